The third-order valence-corrected chi connectivity index (χ3v) is 6.05. The first-order chi connectivity index (χ1) is 14.1. The van der Waals surface area contributed by atoms with Crippen molar-refractivity contribution in [1.29, 1.82) is 0 Å². The number of nitrogens with one attached hydrogen (secondary N) is 2. The number of H-pyrrole nitrogens is 1. The molecule has 2 rings (SSSR count). The van der Waals surface area contributed by atoms with Gasteiger partial charge >= 0.3 is 5.97 Å². The molecule has 1 unspecified atom stereocenters. The van der Waals surface area contributed by atoms with Crippen LogP contribution in [0.2, 0.25) is 0 Å². The summed E-state index contributed by atoms with van der Waals surface area (Å²) in [5, 5.41) is 11.5. The third-order valence-electron chi connectivity index (χ3n) is 4.31. The molecule has 2 aromatic rings. The summed E-state index contributed by atoms with van der Waals surface area (Å²) in [6.45, 7) is 1.45. The van der Waals surface area contributed by atoms with Crippen molar-refractivity contribution in [3.63, 3.8) is 0 Å². The summed E-state index contributed by atoms with van der Waals surface area (Å²) >= 11 is 0. The molecule has 0 aliphatic rings. The molecule has 1 heterocycles. The number of carbonyl (C=O) groups is 2. The number of amides is 1. The molecule has 3 N–H and O–H groups in total. The predicted octanol–water partition coefficient (Wildman–Crippen LogP) is 0.377. The van der Waals surface area contributed by atoms with Crippen molar-refractivity contribution in [2.24, 2.45) is 0 Å². The number of aliphatic carboxylic acids is 1. The van der Waals surface area contributed by atoms with Gasteiger partial charge in [0.05, 0.1) is 12.9 Å². The van der Waals surface area contributed by atoms with Crippen molar-refractivity contribution in [3.05, 3.63) is 57.8 Å². The van der Waals surface area contributed by atoms with E-state index in [-0.39, 0.29) is 35.9 Å². The Kier molecular flexibility index (Phi) is 7.70. The molecule has 0 aliphatic carbocycles. The third kappa shape index (κ3) is 6.69. The molecular formula is C19H23N3O7S. The first-order valence-corrected chi connectivity index (χ1v) is 10.9. The SMILES string of the molecule is CCS(=O)(=O)CCC(NC(=O)c1cc(=O)[nH]c(Cc2ccc(OC)cc2)n1)C(=O)O. The van der Waals surface area contributed by atoms with Gasteiger partial charge in [-0.25, -0.2) is 18.2 Å². The van der Waals surface area contributed by atoms with Crippen molar-refractivity contribution >= 4 is 21.7 Å². The first kappa shape index (κ1) is 23.1. The zero-order chi connectivity index (χ0) is 22.3. The lowest BCUT2D eigenvalue weighted by Gasteiger charge is -2.14. The molecule has 1 aromatic carbocycles. The Hall–Kier alpha value is -3.21. The molecule has 1 atom stereocenters. The molecule has 0 fully saturated rings. The minimum Gasteiger partial charge on any atom is -0.497 e. The van der Waals surface area contributed by atoms with Crippen LogP contribution < -0.4 is 15.6 Å². The number of sulfone groups is 1. The number of carboxylic acids is 1. The topological polar surface area (TPSA) is 156 Å². The van der Waals surface area contributed by atoms with Gasteiger partial charge in [0.1, 0.15) is 33.1 Å². The van der Waals surface area contributed by atoms with Crippen molar-refractivity contribution in [2.75, 3.05) is 18.6 Å². The van der Waals surface area contributed by atoms with Crippen LogP contribution in [0.5, 0.6) is 5.75 Å². The van der Waals surface area contributed by atoms with Gasteiger partial charge in [-0.3, -0.25) is 9.59 Å². The van der Waals surface area contributed by atoms with Crippen LogP contribution in [-0.4, -0.2) is 60.0 Å². The monoisotopic (exact) mass is 437 g/mol. The second kappa shape index (κ2) is 10.0. The summed E-state index contributed by atoms with van der Waals surface area (Å²) < 4.78 is 28.3. The normalized spacial score (nSPS) is 12.2. The van der Waals surface area contributed by atoms with E-state index < -0.39 is 33.3 Å². The number of carbonyl (C=O) groups excluding carboxylic acids is 1. The minimum atomic E-state index is -3.40. The Labute approximate surface area is 173 Å². The van der Waals surface area contributed by atoms with E-state index in [1.807, 2.05) is 0 Å². The van der Waals surface area contributed by atoms with Gasteiger partial charge in [0, 0.05) is 18.2 Å². The van der Waals surface area contributed by atoms with Gasteiger partial charge in [-0.2, -0.15) is 0 Å². The fourth-order valence-electron chi connectivity index (χ4n) is 2.58. The molecule has 1 amide bonds. The smallest absolute Gasteiger partial charge is 0.326 e. The summed E-state index contributed by atoms with van der Waals surface area (Å²) in [5.74, 6) is -1.88. The van der Waals surface area contributed by atoms with Crippen LogP contribution in [0.1, 0.15) is 35.2 Å². The van der Waals surface area contributed by atoms with Crippen molar-refractivity contribution in [3.8, 4) is 5.75 Å². The average Bonchev–Trinajstić information content (AvgIpc) is 2.70. The number of carboxylic acid groups (broad SMARTS) is 1. The Morgan fingerprint density at radius 1 is 1.27 bits per heavy atom. The Balaban J connectivity index is 2.15. The largest absolute Gasteiger partial charge is 0.497 e. The lowest BCUT2D eigenvalue weighted by Crippen LogP contribution is -2.42. The van der Waals surface area contributed by atoms with E-state index in [1.165, 1.54) is 14.0 Å². The fourth-order valence-corrected chi connectivity index (χ4v) is 3.46. The van der Waals surface area contributed by atoms with Gasteiger partial charge in [0.15, 0.2) is 0 Å². The predicted molar refractivity (Wildman–Crippen MR) is 108 cm³/mol. The first-order valence-electron chi connectivity index (χ1n) is 9.10. The molecule has 0 spiro atoms. The number of methoxy groups -OCH3 is 1. The van der Waals surface area contributed by atoms with E-state index in [0.29, 0.717) is 5.75 Å². The maximum atomic E-state index is 12.4. The van der Waals surface area contributed by atoms with Crippen LogP contribution >= 0.6 is 0 Å². The van der Waals surface area contributed by atoms with Gasteiger partial charge in [0.25, 0.3) is 11.5 Å². The number of ether oxygens (including phenoxy) is 1. The van der Waals surface area contributed by atoms with Crippen LogP contribution in [-0.2, 0) is 21.1 Å². The van der Waals surface area contributed by atoms with Gasteiger partial charge in [-0.05, 0) is 24.1 Å². The van der Waals surface area contributed by atoms with Crippen LogP contribution in [0, 0.1) is 0 Å². The van der Waals surface area contributed by atoms with Gasteiger partial charge in [0.2, 0.25) is 0 Å². The number of aromatic nitrogens is 2. The van der Waals surface area contributed by atoms with Gasteiger partial charge < -0.3 is 20.1 Å². The number of hydrogen-bond acceptors (Lipinski definition) is 7. The molecule has 1 aromatic heterocycles. The highest BCUT2D eigenvalue weighted by Gasteiger charge is 2.24. The van der Waals surface area contributed by atoms with E-state index in [0.717, 1.165) is 11.6 Å². The van der Waals surface area contributed by atoms with Crippen molar-refractivity contribution < 1.29 is 27.9 Å². The number of nitrogens with zero attached hydrogens (tertiary/aromatic N) is 1. The Bertz CT molecular complexity index is 1060. The molecular weight excluding hydrogens is 414 g/mol. The minimum absolute atomic E-state index is 0.127. The molecule has 11 heteroatoms. The molecule has 0 saturated heterocycles. The second-order valence-electron chi connectivity index (χ2n) is 6.49. The van der Waals surface area contributed by atoms with E-state index in [4.69, 9.17) is 4.74 Å². The Morgan fingerprint density at radius 2 is 1.93 bits per heavy atom. The number of benzene rings is 1. The van der Waals surface area contributed by atoms with Crippen molar-refractivity contribution in [2.45, 2.75) is 25.8 Å². The summed E-state index contributed by atoms with van der Waals surface area (Å²) in [6.07, 6.45) is -0.0589. The highest BCUT2D eigenvalue weighted by atomic mass is 32.2. The maximum Gasteiger partial charge on any atom is 0.326 e. The second-order valence-corrected chi connectivity index (χ2v) is 8.96. The van der Waals surface area contributed by atoms with Crippen LogP contribution in [0.3, 0.4) is 0 Å². The molecule has 0 bridgehead atoms. The van der Waals surface area contributed by atoms with Crippen molar-refractivity contribution in [1.82, 2.24) is 15.3 Å². The maximum absolute atomic E-state index is 12.4. The van der Waals surface area contributed by atoms with E-state index in [1.54, 1.807) is 24.3 Å². The number of aromatic amines is 1. The average molecular weight is 437 g/mol. The molecule has 30 heavy (non-hydrogen) atoms. The standard InChI is InChI=1S/C19H23N3O7S/c1-3-30(27,28)9-8-14(19(25)26)21-18(24)15-11-17(23)22-16(20-15)10-12-4-6-13(29-2)7-5-12/h4-7,11,14H,3,8-10H2,1-2H3,(H,21,24)(H,25,26)(H,20,22,23). The van der Waals surface area contributed by atoms with E-state index in [9.17, 15) is 27.9 Å². The zero-order valence-electron chi connectivity index (χ0n) is 16.5. The molecule has 162 valence electrons. The summed E-state index contributed by atoms with van der Waals surface area (Å²) in [4.78, 5) is 42.4. The molecule has 10 nitrogen and oxygen atoms in total. The van der Waals surface area contributed by atoms with Crippen LogP contribution in [0.15, 0.2) is 35.1 Å². The summed E-state index contributed by atoms with van der Waals surface area (Å²) in [7, 11) is -1.86. The molecule has 0 aliphatic heterocycles. The van der Waals surface area contributed by atoms with Crippen LogP contribution in [0.25, 0.3) is 0 Å². The van der Waals surface area contributed by atoms with E-state index >= 15 is 0 Å². The quantitative estimate of drug-likeness (QED) is 0.482. The fraction of sp³-hybridized carbons (Fsp3) is 0.368. The zero-order valence-corrected chi connectivity index (χ0v) is 17.4. The summed E-state index contributed by atoms with van der Waals surface area (Å²) in [6, 6.07) is 6.57. The van der Waals surface area contributed by atoms with E-state index in [2.05, 4.69) is 15.3 Å². The van der Waals surface area contributed by atoms with Gasteiger partial charge in [-0.15, -0.1) is 0 Å². The number of rotatable bonds is 10. The molecule has 0 saturated carbocycles. The Morgan fingerprint density at radius 3 is 2.50 bits per heavy atom. The summed E-state index contributed by atoms with van der Waals surface area (Å²) in [5.41, 5.74) is -0.0179. The molecule has 0 radical (unpaired) electrons. The highest BCUT2D eigenvalue weighted by Crippen LogP contribution is 2.13. The number of hydrogen-bond donors (Lipinski definition) is 3. The lowest BCUT2D eigenvalue weighted by molar-refractivity contribution is -0.139. The van der Waals surface area contributed by atoms with Crippen LogP contribution in [0.4, 0.5) is 0 Å². The highest BCUT2D eigenvalue weighted by molar-refractivity contribution is 7.91. The lowest BCUT2D eigenvalue weighted by atomic mass is 10.1. The van der Waals surface area contributed by atoms with Gasteiger partial charge in [-0.1, -0.05) is 19.1 Å².